The lowest BCUT2D eigenvalue weighted by Gasteiger charge is -2.16. The van der Waals surface area contributed by atoms with Crippen LogP contribution in [0.5, 0.6) is 11.5 Å². The van der Waals surface area contributed by atoms with Crippen LogP contribution in [-0.2, 0) is 4.79 Å². The molecule has 0 aliphatic rings. The lowest BCUT2D eigenvalue weighted by Crippen LogP contribution is -2.36. The molecule has 0 saturated carbocycles. The lowest BCUT2D eigenvalue weighted by molar-refractivity contribution is -0.137. The molecule has 7 heteroatoms. The molecular weight excluding hydrogens is 342 g/mol. The number of hydrogen-bond acceptors (Lipinski definition) is 4. The molecule has 0 heterocycles. The van der Waals surface area contributed by atoms with E-state index in [9.17, 15) is 9.59 Å². The van der Waals surface area contributed by atoms with Crippen molar-refractivity contribution in [2.45, 2.75) is 25.8 Å². The predicted molar refractivity (Wildman–Crippen MR) is 81.0 cm³/mol. The van der Waals surface area contributed by atoms with Crippen molar-refractivity contribution >= 4 is 27.8 Å². The number of methoxy groups -OCH3 is 2. The van der Waals surface area contributed by atoms with Crippen LogP contribution in [0.25, 0.3) is 0 Å². The van der Waals surface area contributed by atoms with E-state index >= 15 is 0 Å². The van der Waals surface area contributed by atoms with E-state index in [4.69, 9.17) is 14.6 Å². The van der Waals surface area contributed by atoms with Crippen LogP contribution < -0.4 is 14.8 Å². The molecule has 1 amide bonds. The van der Waals surface area contributed by atoms with Crippen LogP contribution in [0.4, 0.5) is 0 Å². The number of carboxylic acids is 1. The number of aliphatic carboxylic acids is 1. The fourth-order valence-electron chi connectivity index (χ4n) is 1.78. The molecule has 1 aromatic rings. The number of ether oxygens (including phenoxy) is 2. The molecule has 0 aliphatic carbocycles. The van der Waals surface area contributed by atoms with Crippen molar-refractivity contribution in [3.05, 3.63) is 22.2 Å². The van der Waals surface area contributed by atoms with Crippen LogP contribution in [0, 0.1) is 0 Å². The van der Waals surface area contributed by atoms with Crippen molar-refractivity contribution in [1.29, 1.82) is 0 Å². The second kappa shape index (κ2) is 7.87. The van der Waals surface area contributed by atoms with Crippen LogP contribution in [0.3, 0.4) is 0 Å². The van der Waals surface area contributed by atoms with E-state index in [0.29, 0.717) is 28.0 Å². The van der Waals surface area contributed by atoms with Gasteiger partial charge in [0, 0.05) is 11.6 Å². The highest BCUT2D eigenvalue weighted by Crippen LogP contribution is 2.35. The molecule has 2 N–H and O–H groups in total. The monoisotopic (exact) mass is 359 g/mol. The molecule has 21 heavy (non-hydrogen) atoms. The number of benzene rings is 1. The maximum atomic E-state index is 12.2. The van der Waals surface area contributed by atoms with Gasteiger partial charge in [-0.05, 0) is 34.5 Å². The average molecular weight is 360 g/mol. The van der Waals surface area contributed by atoms with E-state index in [1.165, 1.54) is 14.2 Å². The largest absolute Gasteiger partial charge is 0.495 e. The zero-order valence-electron chi connectivity index (χ0n) is 12.1. The van der Waals surface area contributed by atoms with Gasteiger partial charge in [0.15, 0.2) is 0 Å². The SMILES string of the molecule is CCC(CC(=O)O)NC(=O)c1cc(OC)c(Br)c(OC)c1. The van der Waals surface area contributed by atoms with Gasteiger partial charge >= 0.3 is 5.97 Å². The zero-order valence-corrected chi connectivity index (χ0v) is 13.7. The van der Waals surface area contributed by atoms with E-state index < -0.39 is 12.0 Å². The minimum absolute atomic E-state index is 0.118. The molecule has 0 fully saturated rings. The molecule has 0 radical (unpaired) electrons. The highest BCUT2D eigenvalue weighted by Gasteiger charge is 2.18. The van der Waals surface area contributed by atoms with Crippen molar-refractivity contribution in [3.63, 3.8) is 0 Å². The number of carbonyl (C=O) groups is 2. The first-order valence-corrected chi connectivity index (χ1v) is 7.16. The molecule has 1 aromatic carbocycles. The van der Waals surface area contributed by atoms with Gasteiger partial charge in [-0.1, -0.05) is 6.92 Å². The fraction of sp³-hybridized carbons (Fsp3) is 0.429. The summed E-state index contributed by atoms with van der Waals surface area (Å²) in [5, 5.41) is 11.5. The van der Waals surface area contributed by atoms with Crippen molar-refractivity contribution in [2.75, 3.05) is 14.2 Å². The summed E-state index contributed by atoms with van der Waals surface area (Å²) in [4.78, 5) is 22.9. The normalized spacial score (nSPS) is 11.6. The lowest BCUT2D eigenvalue weighted by atomic mass is 10.1. The van der Waals surface area contributed by atoms with Gasteiger partial charge in [-0.15, -0.1) is 0 Å². The Labute approximate surface area is 131 Å². The molecule has 1 rings (SSSR count). The molecule has 1 atom stereocenters. The van der Waals surface area contributed by atoms with Gasteiger partial charge in [0.2, 0.25) is 0 Å². The summed E-state index contributed by atoms with van der Waals surface area (Å²) in [6.07, 6.45) is 0.413. The van der Waals surface area contributed by atoms with E-state index in [-0.39, 0.29) is 12.3 Å². The summed E-state index contributed by atoms with van der Waals surface area (Å²) < 4.78 is 11.0. The minimum atomic E-state index is -0.951. The average Bonchev–Trinajstić information content (AvgIpc) is 2.46. The molecule has 1 unspecified atom stereocenters. The van der Waals surface area contributed by atoms with Gasteiger partial charge in [-0.25, -0.2) is 0 Å². The van der Waals surface area contributed by atoms with Crippen molar-refractivity contribution < 1.29 is 24.2 Å². The first-order valence-electron chi connectivity index (χ1n) is 6.37. The topological polar surface area (TPSA) is 84.9 Å². The van der Waals surface area contributed by atoms with Gasteiger partial charge in [0.25, 0.3) is 5.91 Å². The number of carbonyl (C=O) groups excluding carboxylic acids is 1. The molecule has 0 saturated heterocycles. The van der Waals surface area contributed by atoms with Crippen molar-refractivity contribution in [1.82, 2.24) is 5.32 Å². The number of halogens is 1. The molecule has 0 spiro atoms. The Bertz CT molecular complexity index is 507. The smallest absolute Gasteiger partial charge is 0.305 e. The maximum absolute atomic E-state index is 12.2. The third-order valence-electron chi connectivity index (χ3n) is 2.96. The van der Waals surface area contributed by atoms with Gasteiger partial charge in [0.05, 0.1) is 20.6 Å². The molecule has 0 aliphatic heterocycles. The Hall–Kier alpha value is -1.76. The first-order chi connectivity index (χ1) is 9.92. The Balaban J connectivity index is 2.98. The third kappa shape index (κ3) is 4.63. The van der Waals surface area contributed by atoms with Crippen LogP contribution >= 0.6 is 15.9 Å². The molecule has 116 valence electrons. The van der Waals surface area contributed by atoms with Gasteiger partial charge in [-0.2, -0.15) is 0 Å². The molecule has 0 aromatic heterocycles. The Kier molecular flexibility index (Phi) is 6.48. The van der Waals surface area contributed by atoms with Crippen LogP contribution in [0.2, 0.25) is 0 Å². The number of rotatable bonds is 7. The Morgan fingerprint density at radius 2 is 1.81 bits per heavy atom. The highest BCUT2D eigenvalue weighted by molar-refractivity contribution is 9.10. The summed E-state index contributed by atoms with van der Waals surface area (Å²) in [5.41, 5.74) is 0.343. The number of hydrogen-bond donors (Lipinski definition) is 2. The van der Waals surface area contributed by atoms with Crippen LogP contribution in [0.15, 0.2) is 16.6 Å². The summed E-state index contributed by atoms with van der Waals surface area (Å²) in [6.45, 7) is 1.82. The van der Waals surface area contributed by atoms with Crippen molar-refractivity contribution in [2.24, 2.45) is 0 Å². The maximum Gasteiger partial charge on any atom is 0.305 e. The standard InChI is InChI=1S/C14H18BrNO5/c1-4-9(7-12(17)18)16-14(19)8-5-10(20-2)13(15)11(6-8)21-3/h5-6,9H,4,7H2,1-3H3,(H,16,19)(H,17,18). The number of nitrogens with one attached hydrogen (secondary N) is 1. The zero-order chi connectivity index (χ0) is 16.0. The Morgan fingerprint density at radius 3 is 2.19 bits per heavy atom. The van der Waals surface area contributed by atoms with Gasteiger partial charge in [-0.3, -0.25) is 9.59 Å². The first kappa shape index (κ1) is 17.3. The van der Waals surface area contributed by atoms with Gasteiger partial charge in [0.1, 0.15) is 16.0 Å². The molecule has 0 bridgehead atoms. The molecule has 6 nitrogen and oxygen atoms in total. The summed E-state index contributed by atoms with van der Waals surface area (Å²) in [7, 11) is 2.97. The number of carboxylic acid groups (broad SMARTS) is 1. The summed E-state index contributed by atoms with van der Waals surface area (Å²) in [5.74, 6) is -0.392. The van der Waals surface area contributed by atoms with E-state index in [2.05, 4.69) is 21.2 Å². The summed E-state index contributed by atoms with van der Waals surface area (Å²) >= 11 is 3.32. The highest BCUT2D eigenvalue weighted by atomic mass is 79.9. The second-order valence-corrected chi connectivity index (χ2v) is 5.16. The van der Waals surface area contributed by atoms with E-state index in [1.807, 2.05) is 6.92 Å². The van der Waals surface area contributed by atoms with E-state index in [1.54, 1.807) is 12.1 Å². The Morgan fingerprint density at radius 1 is 1.29 bits per heavy atom. The van der Waals surface area contributed by atoms with Crippen LogP contribution in [0.1, 0.15) is 30.1 Å². The molecular formula is C14H18BrNO5. The van der Waals surface area contributed by atoms with E-state index in [0.717, 1.165) is 0 Å². The third-order valence-corrected chi connectivity index (χ3v) is 3.74. The number of amides is 1. The fourth-order valence-corrected chi connectivity index (χ4v) is 2.33. The summed E-state index contributed by atoms with van der Waals surface area (Å²) in [6, 6.07) is 2.71. The second-order valence-electron chi connectivity index (χ2n) is 4.37. The van der Waals surface area contributed by atoms with Crippen molar-refractivity contribution in [3.8, 4) is 11.5 Å². The minimum Gasteiger partial charge on any atom is -0.495 e. The van der Waals surface area contributed by atoms with Crippen LogP contribution in [-0.4, -0.2) is 37.2 Å². The quantitative estimate of drug-likeness (QED) is 0.780. The predicted octanol–water partition coefficient (Wildman–Crippen LogP) is 2.45. The van der Waals surface area contributed by atoms with Gasteiger partial charge < -0.3 is 19.9 Å².